The molecule has 36 heavy (non-hydrogen) atoms. The van der Waals surface area contributed by atoms with Crippen LogP contribution in [0.4, 0.5) is 17.3 Å². The number of benzene rings is 1. The maximum atomic E-state index is 12.9. The summed E-state index contributed by atoms with van der Waals surface area (Å²) in [5.41, 5.74) is 5.67. The second kappa shape index (κ2) is 10.6. The Hall–Kier alpha value is -4.17. The Labute approximate surface area is 210 Å². The van der Waals surface area contributed by atoms with Crippen LogP contribution in [0, 0.1) is 6.92 Å². The zero-order valence-electron chi connectivity index (χ0n) is 20.5. The van der Waals surface area contributed by atoms with Crippen LogP contribution in [0.15, 0.2) is 73.3 Å². The van der Waals surface area contributed by atoms with Crippen molar-refractivity contribution in [1.82, 2.24) is 24.8 Å². The molecule has 1 aliphatic rings. The normalized spacial score (nSPS) is 14.4. The van der Waals surface area contributed by atoms with E-state index in [0.717, 1.165) is 42.9 Å². The fourth-order valence-electron chi connectivity index (χ4n) is 4.39. The average molecular weight is 480 g/mol. The summed E-state index contributed by atoms with van der Waals surface area (Å²) in [4.78, 5) is 32.8. The van der Waals surface area contributed by atoms with E-state index in [-0.39, 0.29) is 5.91 Å². The molecule has 8 nitrogen and oxygen atoms in total. The number of likely N-dealkylation sites (tertiary alicyclic amines) is 1. The predicted molar refractivity (Wildman–Crippen MR) is 141 cm³/mol. The lowest BCUT2D eigenvalue weighted by molar-refractivity contribution is 0.102. The summed E-state index contributed by atoms with van der Waals surface area (Å²) in [7, 11) is 2.16. The third-order valence-electron chi connectivity index (χ3n) is 6.57. The van der Waals surface area contributed by atoms with Crippen LogP contribution in [0.5, 0.6) is 0 Å². The summed E-state index contributed by atoms with van der Waals surface area (Å²) in [5, 5.41) is 6.18. The number of amides is 1. The SMILES string of the molecule is Cc1ncc(NC(=O)c2ccc(C3CCN(C)CC3)cc2)cc1Nc1nccc(-c2cccnc2)n1. The van der Waals surface area contributed by atoms with Crippen LogP contribution in [0.3, 0.4) is 0 Å². The van der Waals surface area contributed by atoms with Gasteiger partial charge in [0.15, 0.2) is 0 Å². The number of aryl methyl sites for hydroxylation is 1. The highest BCUT2D eigenvalue weighted by Gasteiger charge is 2.18. The predicted octanol–water partition coefficient (Wildman–Crippen LogP) is 5.05. The topological polar surface area (TPSA) is 95.9 Å². The molecule has 4 heterocycles. The fourth-order valence-corrected chi connectivity index (χ4v) is 4.39. The second-order valence-electron chi connectivity index (χ2n) is 9.14. The lowest BCUT2D eigenvalue weighted by Gasteiger charge is -2.29. The average Bonchev–Trinajstić information content (AvgIpc) is 2.92. The number of rotatable bonds is 6. The summed E-state index contributed by atoms with van der Waals surface area (Å²) in [6.07, 6.45) is 9.14. The number of anilines is 3. The lowest BCUT2D eigenvalue weighted by Crippen LogP contribution is -2.29. The molecule has 0 spiro atoms. The number of nitrogens with zero attached hydrogens (tertiary/aromatic N) is 5. The number of pyridine rings is 2. The standard InChI is InChI=1S/C28H29N7O/c1-19-26(34-28-30-13-9-25(33-28)23-4-3-12-29-17-23)16-24(18-31-19)32-27(36)22-7-5-20(6-8-22)21-10-14-35(2)15-11-21/h3-9,12-13,16-18,21H,10-11,14-15H2,1-2H3,(H,32,36)(H,30,33,34). The molecule has 1 saturated heterocycles. The molecule has 1 fully saturated rings. The highest BCUT2D eigenvalue weighted by Crippen LogP contribution is 2.28. The molecule has 1 amide bonds. The number of carbonyl (C=O) groups is 1. The molecule has 0 atom stereocenters. The molecule has 0 saturated carbocycles. The van der Waals surface area contributed by atoms with Crippen LogP contribution in [0.2, 0.25) is 0 Å². The molecular formula is C28H29N7O. The smallest absolute Gasteiger partial charge is 0.255 e. The first-order chi connectivity index (χ1) is 17.5. The van der Waals surface area contributed by atoms with E-state index in [9.17, 15) is 4.79 Å². The quantitative estimate of drug-likeness (QED) is 0.400. The number of nitrogens with one attached hydrogen (secondary N) is 2. The number of piperidine rings is 1. The number of hydrogen-bond donors (Lipinski definition) is 2. The van der Waals surface area contributed by atoms with Gasteiger partial charge in [-0.05, 0) is 87.8 Å². The lowest BCUT2D eigenvalue weighted by atomic mass is 9.89. The van der Waals surface area contributed by atoms with Gasteiger partial charge >= 0.3 is 0 Å². The molecule has 3 aromatic heterocycles. The van der Waals surface area contributed by atoms with Crippen LogP contribution < -0.4 is 10.6 Å². The van der Waals surface area contributed by atoms with Gasteiger partial charge in [-0.25, -0.2) is 9.97 Å². The molecule has 4 aromatic rings. The molecule has 0 radical (unpaired) electrons. The third-order valence-corrected chi connectivity index (χ3v) is 6.57. The van der Waals surface area contributed by atoms with Gasteiger partial charge in [0.25, 0.3) is 5.91 Å². The Bertz CT molecular complexity index is 1330. The molecule has 8 heteroatoms. The largest absolute Gasteiger partial charge is 0.322 e. The third kappa shape index (κ3) is 5.55. The van der Waals surface area contributed by atoms with Crippen molar-refractivity contribution in [1.29, 1.82) is 0 Å². The van der Waals surface area contributed by atoms with Gasteiger partial charge in [0, 0.05) is 29.7 Å². The maximum Gasteiger partial charge on any atom is 0.255 e. The second-order valence-corrected chi connectivity index (χ2v) is 9.14. The summed E-state index contributed by atoms with van der Waals surface area (Å²) in [5.74, 6) is 0.831. The molecule has 2 N–H and O–H groups in total. The summed E-state index contributed by atoms with van der Waals surface area (Å²) in [6, 6.07) is 15.5. The van der Waals surface area contributed by atoms with E-state index in [1.165, 1.54) is 5.56 Å². The van der Waals surface area contributed by atoms with Crippen LogP contribution >= 0.6 is 0 Å². The Morgan fingerprint density at radius 2 is 1.81 bits per heavy atom. The highest BCUT2D eigenvalue weighted by atomic mass is 16.1. The van der Waals surface area contributed by atoms with E-state index in [2.05, 4.69) is 54.6 Å². The van der Waals surface area contributed by atoms with Crippen molar-refractivity contribution in [3.8, 4) is 11.3 Å². The van der Waals surface area contributed by atoms with Crippen molar-refractivity contribution in [2.45, 2.75) is 25.7 Å². The van der Waals surface area contributed by atoms with Crippen LogP contribution in [0.25, 0.3) is 11.3 Å². The van der Waals surface area contributed by atoms with Gasteiger partial charge in [0.2, 0.25) is 5.95 Å². The van der Waals surface area contributed by atoms with Crippen molar-refractivity contribution < 1.29 is 4.79 Å². The first kappa shape index (κ1) is 23.6. The van der Waals surface area contributed by atoms with Crippen molar-refractivity contribution >= 4 is 23.2 Å². The van der Waals surface area contributed by atoms with Crippen molar-refractivity contribution in [3.63, 3.8) is 0 Å². The molecule has 5 rings (SSSR count). The molecule has 0 bridgehead atoms. The van der Waals surface area contributed by atoms with Crippen molar-refractivity contribution in [2.75, 3.05) is 30.8 Å². The van der Waals surface area contributed by atoms with Gasteiger partial charge in [-0.2, -0.15) is 0 Å². The molecule has 0 unspecified atom stereocenters. The zero-order chi connectivity index (χ0) is 24.9. The summed E-state index contributed by atoms with van der Waals surface area (Å²) < 4.78 is 0. The van der Waals surface area contributed by atoms with Gasteiger partial charge in [0.05, 0.1) is 29.0 Å². The molecule has 1 aliphatic heterocycles. The first-order valence-corrected chi connectivity index (χ1v) is 12.1. The van der Waals surface area contributed by atoms with Crippen molar-refractivity contribution in [3.05, 3.63) is 90.1 Å². The zero-order valence-corrected chi connectivity index (χ0v) is 20.5. The number of hydrogen-bond acceptors (Lipinski definition) is 7. The van der Waals surface area contributed by atoms with Gasteiger partial charge < -0.3 is 15.5 Å². The Morgan fingerprint density at radius 1 is 1.00 bits per heavy atom. The minimum Gasteiger partial charge on any atom is -0.322 e. The molecular weight excluding hydrogens is 450 g/mol. The minimum absolute atomic E-state index is 0.170. The van der Waals surface area contributed by atoms with Gasteiger partial charge in [-0.3, -0.25) is 14.8 Å². The van der Waals surface area contributed by atoms with Crippen molar-refractivity contribution in [2.24, 2.45) is 0 Å². The van der Waals surface area contributed by atoms with Gasteiger partial charge in [-0.1, -0.05) is 12.1 Å². The van der Waals surface area contributed by atoms with Crippen LogP contribution in [-0.2, 0) is 0 Å². The van der Waals surface area contributed by atoms with Crippen LogP contribution in [0.1, 0.15) is 40.4 Å². The Morgan fingerprint density at radius 3 is 2.56 bits per heavy atom. The van der Waals surface area contributed by atoms with E-state index in [1.807, 2.05) is 43.3 Å². The van der Waals surface area contributed by atoms with E-state index >= 15 is 0 Å². The van der Waals surface area contributed by atoms with Gasteiger partial charge in [0.1, 0.15) is 0 Å². The highest BCUT2D eigenvalue weighted by molar-refractivity contribution is 6.04. The molecule has 1 aromatic carbocycles. The molecule has 0 aliphatic carbocycles. The fraction of sp³-hybridized carbons (Fsp3) is 0.250. The van der Waals surface area contributed by atoms with Gasteiger partial charge in [-0.15, -0.1) is 0 Å². The van der Waals surface area contributed by atoms with E-state index in [1.54, 1.807) is 24.8 Å². The minimum atomic E-state index is -0.170. The summed E-state index contributed by atoms with van der Waals surface area (Å²) >= 11 is 0. The number of aromatic nitrogens is 4. The van der Waals surface area contributed by atoms with E-state index in [0.29, 0.717) is 28.8 Å². The maximum absolute atomic E-state index is 12.9. The monoisotopic (exact) mass is 479 g/mol. The van der Waals surface area contributed by atoms with Crippen LogP contribution in [-0.4, -0.2) is 50.9 Å². The Kier molecular flexibility index (Phi) is 6.95. The summed E-state index contributed by atoms with van der Waals surface area (Å²) in [6.45, 7) is 4.12. The Balaban J connectivity index is 1.27. The molecule has 182 valence electrons. The first-order valence-electron chi connectivity index (χ1n) is 12.1. The van der Waals surface area contributed by atoms with E-state index < -0.39 is 0 Å². The number of carbonyl (C=O) groups excluding carboxylic acids is 1. The van der Waals surface area contributed by atoms with E-state index in [4.69, 9.17) is 0 Å².